The lowest BCUT2D eigenvalue weighted by Gasteiger charge is -2.04. The summed E-state index contributed by atoms with van der Waals surface area (Å²) in [6.45, 7) is 1.60. The summed E-state index contributed by atoms with van der Waals surface area (Å²) in [6.07, 6.45) is 1.92. The molecule has 2 aromatic rings. The van der Waals surface area contributed by atoms with Crippen LogP contribution in [-0.2, 0) is 4.79 Å². The fourth-order valence-corrected chi connectivity index (χ4v) is 2.68. The predicted molar refractivity (Wildman–Crippen MR) is 85.1 cm³/mol. The number of carbonyl (C=O) groups excluding carboxylic acids is 1. The molecule has 0 spiro atoms. The van der Waals surface area contributed by atoms with E-state index in [0.29, 0.717) is 0 Å². The van der Waals surface area contributed by atoms with E-state index in [0.717, 1.165) is 19.8 Å². The third-order valence-corrected chi connectivity index (χ3v) is 4.15. The zero-order valence-corrected chi connectivity index (χ0v) is 12.9. The van der Waals surface area contributed by atoms with Gasteiger partial charge in [0.15, 0.2) is 5.78 Å². The molecule has 0 saturated heterocycles. The van der Waals surface area contributed by atoms with Crippen LogP contribution in [0.2, 0.25) is 0 Å². The summed E-state index contributed by atoms with van der Waals surface area (Å²) < 4.78 is 1.03. The molecule has 0 aromatic heterocycles. The van der Waals surface area contributed by atoms with Gasteiger partial charge >= 0.3 is 0 Å². The average Bonchev–Trinajstić information content (AvgIpc) is 2.41. The molecule has 96 valence electrons. The maximum absolute atomic E-state index is 11.7. The molecule has 0 aliphatic carbocycles. The molecule has 0 N–H and O–H groups in total. The van der Waals surface area contributed by atoms with Crippen LogP contribution >= 0.6 is 27.7 Å². The highest BCUT2D eigenvalue weighted by atomic mass is 79.9. The van der Waals surface area contributed by atoms with Crippen molar-refractivity contribution in [2.45, 2.75) is 11.8 Å². The van der Waals surface area contributed by atoms with Gasteiger partial charge < -0.3 is 0 Å². The molecule has 0 fully saturated rings. The first-order valence-corrected chi connectivity index (χ1v) is 7.47. The largest absolute Gasteiger partial charge is 0.294 e. The van der Waals surface area contributed by atoms with Gasteiger partial charge in [0.2, 0.25) is 0 Å². The van der Waals surface area contributed by atoms with E-state index < -0.39 is 0 Å². The molecule has 0 heterocycles. The highest BCUT2D eigenvalue weighted by molar-refractivity contribution is 9.10. The monoisotopic (exact) mass is 332 g/mol. The van der Waals surface area contributed by atoms with Crippen molar-refractivity contribution in [3.05, 3.63) is 69.5 Å². The van der Waals surface area contributed by atoms with Gasteiger partial charge in [-0.1, -0.05) is 58.0 Å². The molecule has 0 amide bonds. The molecule has 0 bridgehead atoms. The van der Waals surface area contributed by atoms with Crippen molar-refractivity contribution in [1.29, 1.82) is 0 Å². The van der Waals surface area contributed by atoms with Crippen molar-refractivity contribution in [1.82, 2.24) is 0 Å². The van der Waals surface area contributed by atoms with Gasteiger partial charge in [0.1, 0.15) is 0 Å². The zero-order chi connectivity index (χ0) is 13.7. The predicted octanol–water partition coefficient (Wildman–Crippen LogP) is 5.17. The second-order valence-electron chi connectivity index (χ2n) is 4.03. The van der Waals surface area contributed by atoms with E-state index >= 15 is 0 Å². The number of allylic oxidation sites excluding steroid dienone is 1. The van der Waals surface area contributed by atoms with Crippen molar-refractivity contribution in [2.75, 3.05) is 0 Å². The molecule has 0 radical (unpaired) electrons. The summed E-state index contributed by atoms with van der Waals surface area (Å²) in [5, 5.41) is 0. The van der Waals surface area contributed by atoms with Gasteiger partial charge in [0.05, 0.1) is 4.91 Å². The van der Waals surface area contributed by atoms with Crippen molar-refractivity contribution >= 4 is 39.6 Å². The fraction of sp³-hybridized carbons (Fsp3) is 0.0625. The van der Waals surface area contributed by atoms with Gasteiger partial charge in [0.25, 0.3) is 0 Å². The van der Waals surface area contributed by atoms with Crippen LogP contribution in [0.25, 0.3) is 6.08 Å². The third kappa shape index (κ3) is 4.37. The Morgan fingerprint density at radius 1 is 1.05 bits per heavy atom. The van der Waals surface area contributed by atoms with Crippen LogP contribution in [0.3, 0.4) is 0 Å². The second-order valence-corrected chi connectivity index (χ2v) is 6.06. The molecule has 2 aromatic carbocycles. The standard InChI is InChI=1S/C16H13BrOS/c1-12(18)16(19-15-5-3-2-4-6-15)11-13-7-9-14(17)10-8-13/h2-11H,1H3/b16-11+. The number of hydrogen-bond acceptors (Lipinski definition) is 2. The number of benzene rings is 2. The summed E-state index contributed by atoms with van der Waals surface area (Å²) in [4.78, 5) is 13.5. The summed E-state index contributed by atoms with van der Waals surface area (Å²) in [6, 6.07) is 17.8. The highest BCUT2D eigenvalue weighted by Crippen LogP contribution is 2.28. The fourth-order valence-electron chi connectivity index (χ4n) is 1.53. The topological polar surface area (TPSA) is 17.1 Å². The number of Topliss-reactive ketones (excluding diaryl/α,β-unsaturated/α-hetero) is 1. The number of thioether (sulfide) groups is 1. The average molecular weight is 333 g/mol. The smallest absolute Gasteiger partial charge is 0.166 e. The Hall–Kier alpha value is -1.32. The van der Waals surface area contributed by atoms with Crippen molar-refractivity contribution in [3.8, 4) is 0 Å². The minimum absolute atomic E-state index is 0.0803. The Bertz CT molecular complexity index is 588. The quantitative estimate of drug-likeness (QED) is 0.567. The van der Waals surface area contributed by atoms with E-state index in [1.807, 2.05) is 60.7 Å². The van der Waals surface area contributed by atoms with E-state index in [4.69, 9.17) is 0 Å². The molecule has 0 atom stereocenters. The van der Waals surface area contributed by atoms with Crippen molar-refractivity contribution in [3.63, 3.8) is 0 Å². The van der Waals surface area contributed by atoms with Crippen LogP contribution in [0.15, 0.2) is 68.9 Å². The zero-order valence-electron chi connectivity index (χ0n) is 10.5. The van der Waals surface area contributed by atoms with E-state index in [9.17, 15) is 4.79 Å². The summed E-state index contributed by atoms with van der Waals surface area (Å²) >= 11 is 4.90. The van der Waals surface area contributed by atoms with E-state index in [-0.39, 0.29) is 5.78 Å². The number of halogens is 1. The normalized spacial score (nSPS) is 11.4. The maximum Gasteiger partial charge on any atom is 0.166 e. The van der Waals surface area contributed by atoms with Gasteiger partial charge in [-0.2, -0.15) is 0 Å². The lowest BCUT2D eigenvalue weighted by Crippen LogP contribution is -1.92. The Labute approximate surface area is 125 Å². The Balaban J connectivity index is 2.25. The van der Waals surface area contributed by atoms with Gasteiger partial charge in [-0.15, -0.1) is 0 Å². The Kier molecular flexibility index (Phi) is 5.00. The Morgan fingerprint density at radius 2 is 1.68 bits per heavy atom. The van der Waals surface area contributed by atoms with Crippen LogP contribution in [0.1, 0.15) is 12.5 Å². The Morgan fingerprint density at radius 3 is 2.26 bits per heavy atom. The molecule has 3 heteroatoms. The molecule has 0 unspecified atom stereocenters. The molecular formula is C16H13BrOS. The van der Waals surface area contributed by atoms with E-state index in [1.54, 1.807) is 6.92 Å². The van der Waals surface area contributed by atoms with E-state index in [2.05, 4.69) is 15.9 Å². The van der Waals surface area contributed by atoms with Gasteiger partial charge in [-0.25, -0.2) is 0 Å². The maximum atomic E-state index is 11.7. The first-order valence-electron chi connectivity index (χ1n) is 5.86. The summed E-state index contributed by atoms with van der Waals surface area (Å²) in [7, 11) is 0. The molecule has 0 aliphatic heterocycles. The van der Waals surface area contributed by atoms with Crippen LogP contribution in [0.5, 0.6) is 0 Å². The van der Waals surface area contributed by atoms with E-state index in [1.165, 1.54) is 11.8 Å². The van der Waals surface area contributed by atoms with Gasteiger partial charge in [-0.3, -0.25) is 4.79 Å². The molecule has 0 saturated carbocycles. The highest BCUT2D eigenvalue weighted by Gasteiger charge is 2.06. The molecule has 1 nitrogen and oxygen atoms in total. The second kappa shape index (κ2) is 6.73. The molecular weight excluding hydrogens is 320 g/mol. The first-order chi connectivity index (χ1) is 9.15. The summed E-state index contributed by atoms with van der Waals surface area (Å²) in [5.74, 6) is 0.0803. The van der Waals surface area contributed by atoms with Crippen LogP contribution in [0, 0.1) is 0 Å². The lowest BCUT2D eigenvalue weighted by molar-refractivity contribution is -0.112. The minimum atomic E-state index is 0.0803. The third-order valence-electron chi connectivity index (χ3n) is 2.49. The number of ketones is 1. The molecule has 2 rings (SSSR count). The van der Waals surface area contributed by atoms with Crippen LogP contribution < -0.4 is 0 Å². The number of hydrogen-bond donors (Lipinski definition) is 0. The van der Waals surface area contributed by atoms with Gasteiger partial charge in [0, 0.05) is 9.37 Å². The first kappa shape index (κ1) is 14.1. The van der Waals surface area contributed by atoms with Gasteiger partial charge in [-0.05, 0) is 42.8 Å². The SMILES string of the molecule is CC(=O)/C(=C\c1ccc(Br)cc1)Sc1ccccc1. The van der Waals surface area contributed by atoms with Crippen LogP contribution in [-0.4, -0.2) is 5.78 Å². The minimum Gasteiger partial charge on any atom is -0.294 e. The molecule has 19 heavy (non-hydrogen) atoms. The van der Waals surface area contributed by atoms with Crippen molar-refractivity contribution in [2.24, 2.45) is 0 Å². The number of carbonyl (C=O) groups is 1. The summed E-state index contributed by atoms with van der Waals surface area (Å²) in [5.41, 5.74) is 1.02. The lowest BCUT2D eigenvalue weighted by atomic mass is 10.2. The van der Waals surface area contributed by atoms with Crippen molar-refractivity contribution < 1.29 is 4.79 Å². The number of rotatable bonds is 4. The molecule has 0 aliphatic rings. The van der Waals surface area contributed by atoms with Crippen LogP contribution in [0.4, 0.5) is 0 Å².